The Bertz CT molecular complexity index is 416. The molecule has 1 aromatic heterocycles. The van der Waals surface area contributed by atoms with Gasteiger partial charge in [0.1, 0.15) is 5.82 Å². The van der Waals surface area contributed by atoms with Crippen molar-refractivity contribution in [3.63, 3.8) is 0 Å². The van der Waals surface area contributed by atoms with Crippen molar-refractivity contribution in [3.05, 3.63) is 23.8 Å². The Hall–Kier alpha value is -1.49. The lowest BCUT2D eigenvalue weighted by molar-refractivity contribution is -0.129. The quantitative estimate of drug-likeness (QED) is 0.854. The fourth-order valence-corrected chi connectivity index (χ4v) is 2.02. The molecule has 1 aromatic rings. The van der Waals surface area contributed by atoms with Gasteiger partial charge in [0.15, 0.2) is 0 Å². The molecule has 1 atom stereocenters. The molecule has 0 radical (unpaired) electrons. The lowest BCUT2D eigenvalue weighted by Gasteiger charge is -2.15. The zero-order valence-corrected chi connectivity index (χ0v) is 11.0. The maximum absolute atomic E-state index is 12.0. The average molecular weight is 248 g/mol. The van der Waals surface area contributed by atoms with Gasteiger partial charge in [-0.2, -0.15) is 0 Å². The maximum atomic E-state index is 12.0. The SMILES string of the molecule is CC(C)c1cnc(CC(=O)N2CC[C@H](N)C2)nc1. The van der Waals surface area contributed by atoms with Crippen molar-refractivity contribution in [3.8, 4) is 0 Å². The summed E-state index contributed by atoms with van der Waals surface area (Å²) in [7, 11) is 0. The van der Waals surface area contributed by atoms with Crippen molar-refractivity contribution in [1.29, 1.82) is 0 Å². The molecule has 18 heavy (non-hydrogen) atoms. The van der Waals surface area contributed by atoms with E-state index >= 15 is 0 Å². The van der Waals surface area contributed by atoms with Gasteiger partial charge in [-0.1, -0.05) is 13.8 Å². The molecule has 1 amide bonds. The molecule has 1 saturated heterocycles. The normalized spacial score (nSPS) is 19.6. The highest BCUT2D eigenvalue weighted by Gasteiger charge is 2.23. The van der Waals surface area contributed by atoms with Gasteiger partial charge in [-0.3, -0.25) is 4.79 Å². The van der Waals surface area contributed by atoms with Crippen LogP contribution in [0.5, 0.6) is 0 Å². The van der Waals surface area contributed by atoms with Gasteiger partial charge in [0.2, 0.25) is 5.91 Å². The van der Waals surface area contributed by atoms with Crippen molar-refractivity contribution >= 4 is 5.91 Å². The third kappa shape index (κ3) is 3.04. The Kier molecular flexibility index (Phi) is 3.91. The minimum absolute atomic E-state index is 0.0697. The topological polar surface area (TPSA) is 72.1 Å². The van der Waals surface area contributed by atoms with E-state index in [9.17, 15) is 4.79 Å². The number of amides is 1. The summed E-state index contributed by atoms with van der Waals surface area (Å²) in [4.78, 5) is 22.2. The lowest BCUT2D eigenvalue weighted by Crippen LogP contribution is -2.33. The molecule has 0 unspecified atom stereocenters. The molecule has 0 bridgehead atoms. The van der Waals surface area contributed by atoms with E-state index in [0.29, 0.717) is 18.3 Å². The van der Waals surface area contributed by atoms with Crippen molar-refractivity contribution in [2.24, 2.45) is 5.73 Å². The van der Waals surface area contributed by atoms with Crippen molar-refractivity contribution in [1.82, 2.24) is 14.9 Å². The van der Waals surface area contributed by atoms with E-state index in [2.05, 4.69) is 23.8 Å². The van der Waals surface area contributed by atoms with Crippen molar-refractivity contribution < 1.29 is 4.79 Å². The van der Waals surface area contributed by atoms with E-state index in [0.717, 1.165) is 18.5 Å². The average Bonchev–Trinajstić information content (AvgIpc) is 2.76. The minimum Gasteiger partial charge on any atom is -0.341 e. The second-order valence-corrected chi connectivity index (χ2v) is 5.15. The second-order valence-electron chi connectivity index (χ2n) is 5.15. The summed E-state index contributed by atoms with van der Waals surface area (Å²) in [5, 5.41) is 0. The van der Waals surface area contributed by atoms with Crippen LogP contribution in [0.25, 0.3) is 0 Å². The molecule has 0 spiro atoms. The first-order valence-electron chi connectivity index (χ1n) is 6.40. The molecule has 1 aliphatic rings. The molecule has 1 fully saturated rings. The zero-order valence-electron chi connectivity index (χ0n) is 11.0. The van der Waals surface area contributed by atoms with Crippen LogP contribution in [-0.4, -0.2) is 39.9 Å². The highest BCUT2D eigenvalue weighted by atomic mass is 16.2. The predicted molar refractivity (Wildman–Crippen MR) is 69.0 cm³/mol. The first-order chi connectivity index (χ1) is 8.56. The van der Waals surface area contributed by atoms with Gasteiger partial charge in [0.25, 0.3) is 0 Å². The number of carbonyl (C=O) groups excluding carboxylic acids is 1. The van der Waals surface area contributed by atoms with Crippen LogP contribution in [0.15, 0.2) is 12.4 Å². The monoisotopic (exact) mass is 248 g/mol. The standard InChI is InChI=1S/C13H20N4O/c1-9(2)10-6-15-12(16-7-10)5-13(18)17-4-3-11(14)8-17/h6-7,9,11H,3-5,8,14H2,1-2H3/t11-/m0/s1. The molecule has 98 valence electrons. The lowest BCUT2D eigenvalue weighted by atomic mass is 10.1. The van der Waals surface area contributed by atoms with E-state index < -0.39 is 0 Å². The number of rotatable bonds is 3. The number of hydrogen-bond donors (Lipinski definition) is 1. The summed E-state index contributed by atoms with van der Waals surface area (Å²) < 4.78 is 0. The van der Waals surface area contributed by atoms with Crippen molar-refractivity contribution in [2.75, 3.05) is 13.1 Å². The molecule has 2 rings (SSSR count). The Morgan fingerprint density at radius 1 is 1.50 bits per heavy atom. The maximum Gasteiger partial charge on any atom is 0.230 e. The van der Waals surface area contributed by atoms with E-state index in [4.69, 9.17) is 5.73 Å². The smallest absolute Gasteiger partial charge is 0.230 e. The molecule has 2 N–H and O–H groups in total. The molecular formula is C13H20N4O. The Morgan fingerprint density at radius 3 is 2.67 bits per heavy atom. The van der Waals surface area contributed by atoms with Gasteiger partial charge in [-0.25, -0.2) is 9.97 Å². The van der Waals surface area contributed by atoms with E-state index in [1.54, 1.807) is 17.3 Å². The molecular weight excluding hydrogens is 228 g/mol. The van der Waals surface area contributed by atoms with E-state index in [-0.39, 0.29) is 18.4 Å². The van der Waals surface area contributed by atoms with Gasteiger partial charge in [0, 0.05) is 31.5 Å². The summed E-state index contributed by atoms with van der Waals surface area (Å²) >= 11 is 0. The van der Waals surface area contributed by atoms with Gasteiger partial charge in [-0.15, -0.1) is 0 Å². The van der Waals surface area contributed by atoms with Gasteiger partial charge < -0.3 is 10.6 Å². The van der Waals surface area contributed by atoms with Crippen LogP contribution in [0, 0.1) is 0 Å². The van der Waals surface area contributed by atoms with Crippen LogP contribution in [0.4, 0.5) is 0 Å². The number of hydrogen-bond acceptors (Lipinski definition) is 4. The first kappa shape index (κ1) is 13.0. The number of nitrogens with two attached hydrogens (primary N) is 1. The molecule has 5 nitrogen and oxygen atoms in total. The van der Waals surface area contributed by atoms with E-state index in [1.165, 1.54) is 0 Å². The molecule has 0 aromatic carbocycles. The molecule has 0 aliphatic carbocycles. The summed E-state index contributed by atoms with van der Waals surface area (Å²) in [5.74, 6) is 1.07. The Labute approximate surface area is 107 Å². The van der Waals surface area contributed by atoms with Crippen LogP contribution >= 0.6 is 0 Å². The highest BCUT2D eigenvalue weighted by molar-refractivity contribution is 5.78. The van der Waals surface area contributed by atoms with Gasteiger partial charge in [-0.05, 0) is 17.9 Å². The van der Waals surface area contributed by atoms with Crippen LogP contribution < -0.4 is 5.73 Å². The Balaban J connectivity index is 1.95. The summed E-state index contributed by atoms with van der Waals surface area (Å²) in [6, 6.07) is 0.123. The summed E-state index contributed by atoms with van der Waals surface area (Å²) in [6.45, 7) is 5.59. The molecule has 0 saturated carbocycles. The van der Waals surface area contributed by atoms with Crippen LogP contribution in [-0.2, 0) is 11.2 Å². The van der Waals surface area contributed by atoms with Gasteiger partial charge >= 0.3 is 0 Å². The molecule has 1 aliphatic heterocycles. The molecule has 2 heterocycles. The largest absolute Gasteiger partial charge is 0.341 e. The van der Waals surface area contributed by atoms with Crippen molar-refractivity contribution in [2.45, 2.75) is 38.6 Å². The number of nitrogens with zero attached hydrogens (tertiary/aromatic N) is 3. The summed E-state index contributed by atoms with van der Waals surface area (Å²) in [5.41, 5.74) is 6.88. The fraction of sp³-hybridized carbons (Fsp3) is 0.615. The third-order valence-corrected chi connectivity index (χ3v) is 3.28. The first-order valence-corrected chi connectivity index (χ1v) is 6.40. The Morgan fingerprint density at radius 2 is 2.17 bits per heavy atom. The van der Waals surface area contributed by atoms with Crippen LogP contribution in [0.3, 0.4) is 0 Å². The van der Waals surface area contributed by atoms with Gasteiger partial charge in [0.05, 0.1) is 6.42 Å². The summed E-state index contributed by atoms with van der Waals surface area (Å²) in [6.07, 6.45) is 4.76. The second kappa shape index (κ2) is 5.44. The highest BCUT2D eigenvalue weighted by Crippen LogP contribution is 2.12. The number of carbonyl (C=O) groups is 1. The van der Waals surface area contributed by atoms with Crippen LogP contribution in [0.1, 0.15) is 37.6 Å². The van der Waals surface area contributed by atoms with E-state index in [1.807, 2.05) is 0 Å². The zero-order chi connectivity index (χ0) is 13.1. The number of likely N-dealkylation sites (tertiary alicyclic amines) is 1. The molecule has 5 heteroatoms. The fourth-order valence-electron chi connectivity index (χ4n) is 2.02. The number of aromatic nitrogens is 2. The third-order valence-electron chi connectivity index (χ3n) is 3.28. The predicted octanol–water partition coefficient (Wildman–Crippen LogP) is 0.702. The van der Waals surface area contributed by atoms with Crippen LogP contribution in [0.2, 0.25) is 0 Å². The minimum atomic E-state index is 0.0697.